The molecule has 1 fully saturated rings. The van der Waals surface area contributed by atoms with E-state index >= 15 is 0 Å². The van der Waals surface area contributed by atoms with E-state index in [-0.39, 0.29) is 12.1 Å². The summed E-state index contributed by atoms with van der Waals surface area (Å²) in [5, 5.41) is 4.12. The second kappa shape index (κ2) is 6.78. The summed E-state index contributed by atoms with van der Waals surface area (Å²) in [6.45, 7) is 9.12. The van der Waals surface area contributed by atoms with Crippen molar-refractivity contribution in [3.63, 3.8) is 0 Å². The molecule has 122 valence electrons. The van der Waals surface area contributed by atoms with Crippen LogP contribution in [0, 0.1) is 6.92 Å². The monoisotopic (exact) mass is 324 g/mol. The van der Waals surface area contributed by atoms with E-state index < -0.39 is 5.60 Å². The lowest BCUT2D eigenvalue weighted by Crippen LogP contribution is -2.42. The average molecular weight is 325 g/mol. The minimum atomic E-state index is -0.456. The Labute approximate surface area is 137 Å². The SMILES string of the molecule is Cc1ccc(NCC2CCCN2C(=O)OC(C)(C)C)cc1Cl. The van der Waals surface area contributed by atoms with Crippen LogP contribution in [0.1, 0.15) is 39.2 Å². The first-order chi connectivity index (χ1) is 10.3. The molecule has 1 unspecified atom stereocenters. The van der Waals surface area contributed by atoms with Gasteiger partial charge in [-0.25, -0.2) is 4.79 Å². The molecule has 0 spiro atoms. The molecule has 1 aromatic carbocycles. The minimum Gasteiger partial charge on any atom is -0.444 e. The van der Waals surface area contributed by atoms with E-state index in [0.29, 0.717) is 6.54 Å². The Morgan fingerprint density at radius 1 is 1.45 bits per heavy atom. The highest BCUT2D eigenvalue weighted by Crippen LogP contribution is 2.23. The maximum Gasteiger partial charge on any atom is 0.410 e. The molecule has 22 heavy (non-hydrogen) atoms. The Hall–Kier alpha value is -1.42. The maximum atomic E-state index is 12.2. The molecular weight excluding hydrogens is 300 g/mol. The van der Waals surface area contributed by atoms with Crippen LogP contribution in [0.3, 0.4) is 0 Å². The molecule has 1 N–H and O–H groups in total. The Bertz CT molecular complexity index is 540. The van der Waals surface area contributed by atoms with Crippen LogP contribution in [-0.4, -0.2) is 35.7 Å². The quantitative estimate of drug-likeness (QED) is 0.892. The average Bonchev–Trinajstić information content (AvgIpc) is 2.87. The fourth-order valence-electron chi connectivity index (χ4n) is 2.55. The Kier molecular flexibility index (Phi) is 5.22. The van der Waals surface area contributed by atoms with E-state index in [2.05, 4.69) is 5.32 Å². The normalized spacial score (nSPS) is 18.4. The number of amides is 1. The summed E-state index contributed by atoms with van der Waals surface area (Å²) < 4.78 is 5.48. The van der Waals surface area contributed by atoms with E-state index in [1.807, 2.05) is 50.8 Å². The van der Waals surface area contributed by atoms with Gasteiger partial charge >= 0.3 is 6.09 Å². The van der Waals surface area contributed by atoms with Crippen LogP contribution in [0.5, 0.6) is 0 Å². The summed E-state index contributed by atoms with van der Waals surface area (Å²) in [6.07, 6.45) is 1.78. The van der Waals surface area contributed by atoms with Crippen LogP contribution in [0.4, 0.5) is 10.5 Å². The van der Waals surface area contributed by atoms with Gasteiger partial charge in [-0.05, 0) is 58.2 Å². The third-order valence-electron chi connectivity index (χ3n) is 3.72. The lowest BCUT2D eigenvalue weighted by molar-refractivity contribution is 0.0235. The molecule has 1 aliphatic rings. The number of nitrogens with zero attached hydrogens (tertiary/aromatic N) is 1. The van der Waals surface area contributed by atoms with Crippen LogP contribution < -0.4 is 5.32 Å². The van der Waals surface area contributed by atoms with Crippen molar-refractivity contribution >= 4 is 23.4 Å². The van der Waals surface area contributed by atoms with Crippen molar-refractivity contribution in [3.05, 3.63) is 28.8 Å². The van der Waals surface area contributed by atoms with Crippen LogP contribution in [0.25, 0.3) is 0 Å². The van der Waals surface area contributed by atoms with E-state index in [1.54, 1.807) is 0 Å². The molecule has 1 heterocycles. The van der Waals surface area contributed by atoms with Crippen molar-refractivity contribution in [3.8, 4) is 0 Å². The van der Waals surface area contributed by atoms with Gasteiger partial charge in [0.2, 0.25) is 0 Å². The number of carbonyl (C=O) groups excluding carboxylic acids is 1. The van der Waals surface area contributed by atoms with Gasteiger partial charge in [0.05, 0.1) is 6.04 Å². The highest BCUT2D eigenvalue weighted by molar-refractivity contribution is 6.31. The Balaban J connectivity index is 1.93. The van der Waals surface area contributed by atoms with E-state index in [9.17, 15) is 4.79 Å². The lowest BCUT2D eigenvalue weighted by atomic mass is 10.2. The van der Waals surface area contributed by atoms with Gasteiger partial charge in [-0.15, -0.1) is 0 Å². The summed E-state index contributed by atoms with van der Waals surface area (Å²) in [7, 11) is 0. The number of aryl methyl sites for hydroxylation is 1. The van der Waals surface area contributed by atoms with Gasteiger partial charge in [-0.2, -0.15) is 0 Å². The number of hydrogen-bond donors (Lipinski definition) is 1. The van der Waals surface area contributed by atoms with Gasteiger partial charge in [-0.1, -0.05) is 17.7 Å². The summed E-state index contributed by atoms with van der Waals surface area (Å²) in [4.78, 5) is 14.1. The van der Waals surface area contributed by atoms with Crippen LogP contribution in [0.2, 0.25) is 5.02 Å². The second-order valence-electron chi connectivity index (χ2n) is 6.81. The zero-order valence-electron chi connectivity index (χ0n) is 13.8. The molecule has 5 heteroatoms. The molecule has 1 amide bonds. The molecule has 0 radical (unpaired) electrons. The number of rotatable bonds is 3. The molecule has 0 saturated carbocycles. The molecule has 0 aliphatic carbocycles. The first-order valence-corrected chi connectivity index (χ1v) is 8.14. The minimum absolute atomic E-state index is 0.162. The van der Waals surface area contributed by atoms with Crippen molar-refractivity contribution < 1.29 is 9.53 Å². The topological polar surface area (TPSA) is 41.6 Å². The number of anilines is 1. The van der Waals surface area contributed by atoms with Crippen LogP contribution in [0.15, 0.2) is 18.2 Å². The van der Waals surface area contributed by atoms with Crippen molar-refractivity contribution in [2.45, 2.75) is 52.2 Å². The van der Waals surface area contributed by atoms with Gasteiger partial charge in [0.15, 0.2) is 0 Å². The number of carbonyl (C=O) groups is 1. The van der Waals surface area contributed by atoms with Gasteiger partial charge in [-0.3, -0.25) is 0 Å². The fourth-order valence-corrected chi connectivity index (χ4v) is 2.73. The van der Waals surface area contributed by atoms with E-state index in [4.69, 9.17) is 16.3 Å². The predicted molar refractivity (Wildman–Crippen MR) is 90.6 cm³/mol. The maximum absolute atomic E-state index is 12.2. The Morgan fingerprint density at radius 2 is 2.18 bits per heavy atom. The van der Waals surface area contributed by atoms with Crippen LogP contribution in [-0.2, 0) is 4.74 Å². The number of likely N-dealkylation sites (tertiary alicyclic amines) is 1. The highest BCUT2D eigenvalue weighted by atomic mass is 35.5. The molecule has 1 aliphatic heterocycles. The number of ether oxygens (including phenoxy) is 1. The first kappa shape index (κ1) is 16.9. The molecule has 0 aromatic heterocycles. The third-order valence-corrected chi connectivity index (χ3v) is 4.13. The number of hydrogen-bond acceptors (Lipinski definition) is 3. The van der Waals surface area contributed by atoms with Crippen LogP contribution >= 0.6 is 11.6 Å². The predicted octanol–water partition coefficient (Wildman–Crippen LogP) is 4.46. The van der Waals surface area contributed by atoms with Gasteiger partial charge in [0.1, 0.15) is 5.60 Å². The zero-order chi connectivity index (χ0) is 16.3. The molecule has 1 atom stereocenters. The smallest absolute Gasteiger partial charge is 0.410 e. The van der Waals surface area contributed by atoms with E-state index in [0.717, 1.165) is 35.7 Å². The van der Waals surface area contributed by atoms with Gasteiger partial charge < -0.3 is 15.0 Å². The van der Waals surface area contributed by atoms with Crippen molar-refractivity contribution in [2.24, 2.45) is 0 Å². The molecule has 4 nitrogen and oxygen atoms in total. The largest absolute Gasteiger partial charge is 0.444 e. The molecule has 1 aromatic rings. The standard InChI is InChI=1S/C17H25ClN2O2/c1-12-7-8-13(10-15(12)18)19-11-14-6-5-9-20(14)16(21)22-17(2,3)4/h7-8,10,14,19H,5-6,9,11H2,1-4H3. The summed E-state index contributed by atoms with van der Waals surface area (Å²) in [5.41, 5.74) is 1.58. The summed E-state index contributed by atoms with van der Waals surface area (Å²) in [6, 6.07) is 6.08. The number of benzene rings is 1. The second-order valence-corrected chi connectivity index (χ2v) is 7.22. The Morgan fingerprint density at radius 3 is 2.82 bits per heavy atom. The third kappa shape index (κ3) is 4.54. The molecule has 2 rings (SSSR count). The van der Waals surface area contributed by atoms with Crippen molar-refractivity contribution in [1.29, 1.82) is 0 Å². The summed E-state index contributed by atoms with van der Waals surface area (Å²) in [5.74, 6) is 0. The van der Waals surface area contributed by atoms with Crippen molar-refractivity contribution in [1.82, 2.24) is 4.90 Å². The number of nitrogens with one attached hydrogen (secondary N) is 1. The zero-order valence-corrected chi connectivity index (χ0v) is 14.5. The molecule has 0 bridgehead atoms. The van der Waals surface area contributed by atoms with Gasteiger partial charge in [0.25, 0.3) is 0 Å². The first-order valence-electron chi connectivity index (χ1n) is 7.76. The lowest BCUT2D eigenvalue weighted by Gasteiger charge is -2.29. The van der Waals surface area contributed by atoms with Gasteiger partial charge in [0, 0.05) is 23.8 Å². The van der Waals surface area contributed by atoms with E-state index in [1.165, 1.54) is 0 Å². The number of halogens is 1. The molecular formula is C17H25ClN2O2. The van der Waals surface area contributed by atoms with Crippen molar-refractivity contribution in [2.75, 3.05) is 18.4 Å². The fraction of sp³-hybridized carbons (Fsp3) is 0.588. The highest BCUT2D eigenvalue weighted by Gasteiger charge is 2.31. The summed E-state index contributed by atoms with van der Waals surface area (Å²) >= 11 is 6.14. The molecule has 1 saturated heterocycles.